The summed E-state index contributed by atoms with van der Waals surface area (Å²) in [6.07, 6.45) is 5.71. The minimum absolute atomic E-state index is 0.00579. The van der Waals surface area contributed by atoms with Crippen LogP contribution >= 0.6 is 0 Å². The molecule has 1 saturated carbocycles. The Hall–Kier alpha value is -0.920. The molecule has 1 aromatic heterocycles. The quantitative estimate of drug-likeness (QED) is 0.836. The van der Waals surface area contributed by atoms with E-state index >= 15 is 0 Å². The standard InChI is InChI=1S/C12H21N3O3S/c1-12(2)5-3-4-11(12)14-19(17,18)10-8-13-15(9-10)6-7-16/h8-9,11,14,16H,3-7H2,1-2H3. The number of hydrogen-bond acceptors (Lipinski definition) is 4. The zero-order valence-corrected chi connectivity index (χ0v) is 12.2. The van der Waals surface area contributed by atoms with Crippen molar-refractivity contribution in [1.29, 1.82) is 0 Å². The molecule has 2 rings (SSSR count). The monoisotopic (exact) mass is 287 g/mol. The minimum Gasteiger partial charge on any atom is -0.394 e. The molecule has 0 bridgehead atoms. The van der Waals surface area contributed by atoms with Crippen molar-refractivity contribution in [1.82, 2.24) is 14.5 Å². The third kappa shape index (κ3) is 3.16. The normalized spacial score (nSPS) is 22.8. The van der Waals surface area contributed by atoms with E-state index in [-0.39, 0.29) is 23.0 Å². The van der Waals surface area contributed by atoms with Crippen LogP contribution < -0.4 is 4.72 Å². The van der Waals surface area contributed by atoms with E-state index in [1.807, 2.05) is 0 Å². The zero-order chi connectivity index (χ0) is 14.1. The molecule has 1 fully saturated rings. The van der Waals surface area contributed by atoms with Gasteiger partial charge in [-0.1, -0.05) is 20.3 Å². The van der Waals surface area contributed by atoms with Crippen LogP contribution in [0, 0.1) is 5.41 Å². The lowest BCUT2D eigenvalue weighted by molar-refractivity contribution is 0.269. The molecular weight excluding hydrogens is 266 g/mol. The molecule has 1 unspecified atom stereocenters. The number of aromatic nitrogens is 2. The van der Waals surface area contributed by atoms with Crippen molar-refractivity contribution in [2.24, 2.45) is 5.41 Å². The van der Waals surface area contributed by atoms with Crippen LogP contribution in [-0.2, 0) is 16.6 Å². The number of hydrogen-bond donors (Lipinski definition) is 2. The summed E-state index contributed by atoms with van der Waals surface area (Å²) in [5.41, 5.74) is -0.00579. The Morgan fingerprint density at radius 1 is 1.58 bits per heavy atom. The highest BCUT2D eigenvalue weighted by Gasteiger charge is 2.37. The van der Waals surface area contributed by atoms with Gasteiger partial charge >= 0.3 is 0 Å². The molecule has 1 aromatic rings. The Balaban J connectivity index is 2.13. The van der Waals surface area contributed by atoms with Gasteiger partial charge in [0.25, 0.3) is 0 Å². The Bertz CT molecular complexity index is 536. The average Bonchev–Trinajstić information content (AvgIpc) is 2.88. The second kappa shape index (κ2) is 5.22. The number of aliphatic hydroxyl groups is 1. The Labute approximate surface area is 113 Å². The van der Waals surface area contributed by atoms with Crippen molar-refractivity contribution >= 4 is 10.0 Å². The number of rotatable bonds is 5. The smallest absolute Gasteiger partial charge is 0.243 e. The lowest BCUT2D eigenvalue weighted by Gasteiger charge is -2.27. The molecule has 0 aliphatic heterocycles. The summed E-state index contributed by atoms with van der Waals surface area (Å²) >= 11 is 0. The van der Waals surface area contributed by atoms with Crippen LogP contribution in [0.15, 0.2) is 17.3 Å². The molecule has 0 saturated heterocycles. The van der Waals surface area contributed by atoms with Gasteiger partial charge in [-0.05, 0) is 18.3 Å². The second-order valence-corrected chi connectivity index (χ2v) is 7.43. The Morgan fingerprint density at radius 2 is 2.32 bits per heavy atom. The molecule has 6 nitrogen and oxygen atoms in total. The molecule has 7 heteroatoms. The van der Waals surface area contributed by atoms with E-state index in [2.05, 4.69) is 23.7 Å². The van der Waals surface area contributed by atoms with Gasteiger partial charge in [-0.2, -0.15) is 5.10 Å². The summed E-state index contributed by atoms with van der Waals surface area (Å²) in [6, 6.07) is -0.0290. The van der Waals surface area contributed by atoms with Gasteiger partial charge < -0.3 is 5.11 Å². The molecule has 0 amide bonds. The lowest BCUT2D eigenvalue weighted by Crippen LogP contribution is -2.41. The van der Waals surface area contributed by atoms with Gasteiger partial charge in [-0.15, -0.1) is 0 Å². The molecule has 0 radical (unpaired) electrons. The summed E-state index contributed by atoms with van der Waals surface area (Å²) in [5.74, 6) is 0. The second-order valence-electron chi connectivity index (χ2n) is 5.72. The van der Waals surface area contributed by atoms with Gasteiger partial charge in [0.15, 0.2) is 0 Å². The van der Waals surface area contributed by atoms with Crippen LogP contribution in [0.5, 0.6) is 0 Å². The third-order valence-electron chi connectivity index (χ3n) is 3.80. The van der Waals surface area contributed by atoms with Crippen LogP contribution in [0.4, 0.5) is 0 Å². The molecule has 19 heavy (non-hydrogen) atoms. The molecular formula is C12H21N3O3S. The molecule has 1 heterocycles. The Kier molecular flexibility index (Phi) is 3.98. The highest BCUT2D eigenvalue weighted by atomic mass is 32.2. The maximum absolute atomic E-state index is 12.3. The highest BCUT2D eigenvalue weighted by molar-refractivity contribution is 7.89. The van der Waals surface area contributed by atoms with E-state index in [0.29, 0.717) is 6.54 Å². The first-order valence-electron chi connectivity index (χ1n) is 6.51. The molecule has 2 N–H and O–H groups in total. The van der Waals surface area contributed by atoms with Crippen molar-refractivity contribution in [3.8, 4) is 0 Å². The summed E-state index contributed by atoms with van der Waals surface area (Å²) in [4.78, 5) is 0.156. The first kappa shape index (κ1) is 14.5. The van der Waals surface area contributed by atoms with Crippen molar-refractivity contribution in [2.45, 2.75) is 50.6 Å². The summed E-state index contributed by atoms with van der Waals surface area (Å²) in [6.45, 7) is 4.40. The summed E-state index contributed by atoms with van der Waals surface area (Å²) in [7, 11) is -3.53. The number of sulfonamides is 1. The van der Waals surface area contributed by atoms with Gasteiger partial charge in [0, 0.05) is 12.2 Å². The Morgan fingerprint density at radius 3 is 2.89 bits per heavy atom. The maximum Gasteiger partial charge on any atom is 0.243 e. The van der Waals surface area contributed by atoms with E-state index in [0.717, 1.165) is 19.3 Å². The van der Waals surface area contributed by atoms with Crippen LogP contribution in [0.2, 0.25) is 0 Å². The fraction of sp³-hybridized carbons (Fsp3) is 0.750. The number of aliphatic hydroxyl groups excluding tert-OH is 1. The SMILES string of the molecule is CC1(C)CCCC1NS(=O)(=O)c1cnn(CCO)c1. The largest absolute Gasteiger partial charge is 0.394 e. The van der Waals surface area contributed by atoms with Gasteiger partial charge in [0.05, 0.1) is 19.3 Å². The van der Waals surface area contributed by atoms with Crippen LogP contribution in [-0.4, -0.2) is 36.0 Å². The third-order valence-corrected chi connectivity index (χ3v) is 5.23. The molecule has 1 aliphatic rings. The zero-order valence-electron chi connectivity index (χ0n) is 11.3. The van der Waals surface area contributed by atoms with Crippen molar-refractivity contribution in [2.75, 3.05) is 6.61 Å². The first-order valence-corrected chi connectivity index (χ1v) is 7.99. The minimum atomic E-state index is -3.53. The van der Waals surface area contributed by atoms with Gasteiger partial charge in [0.2, 0.25) is 10.0 Å². The number of nitrogens with zero attached hydrogens (tertiary/aromatic N) is 2. The van der Waals surface area contributed by atoms with E-state index in [4.69, 9.17) is 5.11 Å². The van der Waals surface area contributed by atoms with E-state index < -0.39 is 10.0 Å². The average molecular weight is 287 g/mol. The predicted octanol–water partition coefficient (Wildman–Crippen LogP) is 0.732. The molecule has 1 atom stereocenters. The first-order chi connectivity index (χ1) is 8.85. The topological polar surface area (TPSA) is 84.2 Å². The van der Waals surface area contributed by atoms with Crippen LogP contribution in [0.3, 0.4) is 0 Å². The van der Waals surface area contributed by atoms with E-state index in [1.54, 1.807) is 0 Å². The maximum atomic E-state index is 12.3. The summed E-state index contributed by atoms with van der Waals surface area (Å²) in [5, 5.41) is 12.7. The van der Waals surface area contributed by atoms with Crippen molar-refractivity contribution < 1.29 is 13.5 Å². The summed E-state index contributed by atoms with van der Waals surface area (Å²) < 4.78 is 28.7. The van der Waals surface area contributed by atoms with Crippen LogP contribution in [0.25, 0.3) is 0 Å². The lowest BCUT2D eigenvalue weighted by atomic mass is 9.88. The van der Waals surface area contributed by atoms with E-state index in [1.165, 1.54) is 17.1 Å². The molecule has 0 aromatic carbocycles. The van der Waals surface area contributed by atoms with Gasteiger partial charge in [0.1, 0.15) is 4.90 Å². The molecule has 108 valence electrons. The molecule has 0 spiro atoms. The van der Waals surface area contributed by atoms with Crippen molar-refractivity contribution in [3.63, 3.8) is 0 Å². The predicted molar refractivity (Wildman–Crippen MR) is 71.1 cm³/mol. The fourth-order valence-electron chi connectivity index (χ4n) is 2.51. The van der Waals surface area contributed by atoms with Gasteiger partial charge in [-0.25, -0.2) is 13.1 Å². The molecule has 1 aliphatic carbocycles. The fourth-order valence-corrected chi connectivity index (χ4v) is 3.90. The highest BCUT2D eigenvalue weighted by Crippen LogP contribution is 2.37. The van der Waals surface area contributed by atoms with Crippen LogP contribution in [0.1, 0.15) is 33.1 Å². The van der Waals surface area contributed by atoms with Crippen molar-refractivity contribution in [3.05, 3.63) is 12.4 Å². The van der Waals surface area contributed by atoms with Gasteiger partial charge in [-0.3, -0.25) is 4.68 Å². The van der Waals surface area contributed by atoms with E-state index in [9.17, 15) is 8.42 Å². The number of nitrogens with one attached hydrogen (secondary N) is 1.